The number of aryl methyl sites for hydroxylation is 1. The molecular weight excluding hydrogens is 355 g/mol. The van der Waals surface area contributed by atoms with Crippen LogP contribution < -0.4 is 4.52 Å². The van der Waals surface area contributed by atoms with Crippen LogP contribution in [0.5, 0.6) is 5.75 Å². The van der Waals surface area contributed by atoms with Gasteiger partial charge in [-0.25, -0.2) is 0 Å². The second-order valence-corrected chi connectivity index (χ2v) is 10.5. The molecule has 0 amide bonds. The maximum Gasteiger partial charge on any atom is 0.397 e. The SMILES string of the molecule is CCCCOP(OCCCC)Oc1c(C(C)(C)C)cc(C)cc1C(C)(C)C. The van der Waals surface area contributed by atoms with E-state index >= 15 is 0 Å². The third-order valence-electron chi connectivity index (χ3n) is 4.40. The first-order valence-electron chi connectivity index (χ1n) is 10.4. The Morgan fingerprint density at radius 1 is 0.778 bits per heavy atom. The highest BCUT2D eigenvalue weighted by atomic mass is 31.2. The van der Waals surface area contributed by atoms with E-state index in [1.165, 1.54) is 16.7 Å². The van der Waals surface area contributed by atoms with Crippen LogP contribution in [0.4, 0.5) is 0 Å². The highest BCUT2D eigenvalue weighted by Gasteiger charge is 2.30. The van der Waals surface area contributed by atoms with Crippen LogP contribution in [0.2, 0.25) is 0 Å². The molecule has 0 aliphatic rings. The van der Waals surface area contributed by atoms with Crippen molar-refractivity contribution in [1.82, 2.24) is 0 Å². The zero-order valence-electron chi connectivity index (χ0n) is 19.1. The van der Waals surface area contributed by atoms with Crippen molar-refractivity contribution in [3.8, 4) is 5.75 Å². The molecule has 4 heteroatoms. The molecule has 0 unspecified atom stereocenters. The second-order valence-electron chi connectivity index (χ2n) is 9.38. The molecule has 0 aliphatic heterocycles. The van der Waals surface area contributed by atoms with Gasteiger partial charge in [-0.3, -0.25) is 0 Å². The van der Waals surface area contributed by atoms with Crippen LogP contribution in [0.15, 0.2) is 12.1 Å². The van der Waals surface area contributed by atoms with Gasteiger partial charge in [-0.1, -0.05) is 85.9 Å². The lowest BCUT2D eigenvalue weighted by atomic mass is 9.78. The Bertz CT molecular complexity index is 525. The summed E-state index contributed by atoms with van der Waals surface area (Å²) in [6.45, 7) is 21.3. The summed E-state index contributed by atoms with van der Waals surface area (Å²) in [6, 6.07) is 4.49. The maximum atomic E-state index is 6.50. The lowest BCUT2D eigenvalue weighted by Crippen LogP contribution is -2.19. The van der Waals surface area contributed by atoms with Crippen LogP contribution in [0, 0.1) is 6.92 Å². The van der Waals surface area contributed by atoms with E-state index < -0.39 is 8.60 Å². The largest absolute Gasteiger partial charge is 0.426 e. The molecule has 3 nitrogen and oxygen atoms in total. The van der Waals surface area contributed by atoms with Crippen molar-refractivity contribution in [2.45, 2.75) is 98.8 Å². The van der Waals surface area contributed by atoms with Gasteiger partial charge in [0.05, 0.1) is 13.2 Å². The summed E-state index contributed by atoms with van der Waals surface area (Å²) in [7, 11) is -1.40. The monoisotopic (exact) mass is 396 g/mol. The van der Waals surface area contributed by atoms with Crippen molar-refractivity contribution in [2.24, 2.45) is 0 Å². The fourth-order valence-electron chi connectivity index (χ4n) is 2.72. The van der Waals surface area contributed by atoms with Gasteiger partial charge in [0.2, 0.25) is 0 Å². The molecule has 0 spiro atoms. The van der Waals surface area contributed by atoms with E-state index in [2.05, 4.69) is 74.4 Å². The summed E-state index contributed by atoms with van der Waals surface area (Å²) in [4.78, 5) is 0. The lowest BCUT2D eigenvalue weighted by molar-refractivity contribution is 0.199. The van der Waals surface area contributed by atoms with Gasteiger partial charge in [0.15, 0.2) is 0 Å². The van der Waals surface area contributed by atoms with Crippen LogP contribution in [-0.4, -0.2) is 13.2 Å². The smallest absolute Gasteiger partial charge is 0.397 e. The molecule has 0 saturated carbocycles. The summed E-state index contributed by atoms with van der Waals surface area (Å²) in [5.41, 5.74) is 3.67. The molecule has 1 aromatic carbocycles. The van der Waals surface area contributed by atoms with Gasteiger partial charge in [-0.15, -0.1) is 0 Å². The molecule has 0 aliphatic carbocycles. The van der Waals surface area contributed by atoms with E-state index in [-0.39, 0.29) is 10.8 Å². The van der Waals surface area contributed by atoms with Crippen LogP contribution in [0.3, 0.4) is 0 Å². The molecule has 0 bridgehead atoms. The minimum atomic E-state index is -1.40. The predicted molar refractivity (Wildman–Crippen MR) is 118 cm³/mol. The molecule has 0 radical (unpaired) electrons. The van der Waals surface area contributed by atoms with Gasteiger partial charge >= 0.3 is 8.60 Å². The van der Waals surface area contributed by atoms with Crippen LogP contribution in [0.25, 0.3) is 0 Å². The molecule has 156 valence electrons. The zero-order chi connectivity index (χ0) is 20.7. The fourth-order valence-corrected chi connectivity index (χ4v) is 3.80. The Morgan fingerprint density at radius 3 is 1.52 bits per heavy atom. The van der Waals surface area contributed by atoms with E-state index in [1.54, 1.807) is 0 Å². The van der Waals surface area contributed by atoms with Gasteiger partial charge in [-0.05, 0) is 30.6 Å². The molecule has 27 heavy (non-hydrogen) atoms. The van der Waals surface area contributed by atoms with E-state index in [4.69, 9.17) is 13.6 Å². The summed E-state index contributed by atoms with van der Waals surface area (Å²) < 4.78 is 18.5. The molecule has 0 N–H and O–H groups in total. The number of unbranched alkanes of at least 4 members (excludes halogenated alkanes) is 2. The van der Waals surface area contributed by atoms with Gasteiger partial charge in [0, 0.05) is 11.1 Å². The van der Waals surface area contributed by atoms with Crippen molar-refractivity contribution < 1.29 is 13.6 Å². The second kappa shape index (κ2) is 10.8. The maximum absolute atomic E-state index is 6.50. The fraction of sp³-hybridized carbons (Fsp3) is 0.739. The van der Waals surface area contributed by atoms with E-state index in [0.29, 0.717) is 13.2 Å². The third-order valence-corrected chi connectivity index (χ3v) is 5.52. The molecule has 1 aromatic rings. The molecule has 0 aromatic heterocycles. The molecule has 0 saturated heterocycles. The quantitative estimate of drug-likeness (QED) is 0.298. The van der Waals surface area contributed by atoms with Crippen LogP contribution in [0.1, 0.15) is 97.8 Å². The zero-order valence-corrected chi connectivity index (χ0v) is 20.0. The topological polar surface area (TPSA) is 27.7 Å². The standard InChI is InChI=1S/C23H41O3P/c1-10-12-14-24-27(25-15-13-11-2)26-21-19(22(4,5)6)16-18(3)17-20(21)23(7,8)9/h16-17H,10-15H2,1-9H3. The van der Waals surface area contributed by atoms with Crippen molar-refractivity contribution in [2.75, 3.05) is 13.2 Å². The number of rotatable bonds is 10. The van der Waals surface area contributed by atoms with Crippen LogP contribution in [-0.2, 0) is 19.9 Å². The Balaban J connectivity index is 3.28. The van der Waals surface area contributed by atoms with E-state index in [9.17, 15) is 0 Å². The Morgan fingerprint density at radius 2 is 1.19 bits per heavy atom. The highest BCUT2D eigenvalue weighted by Crippen LogP contribution is 2.48. The Kier molecular flexibility index (Phi) is 9.75. The normalized spacial score (nSPS) is 12.7. The summed E-state index contributed by atoms with van der Waals surface area (Å²) in [5, 5.41) is 0. The first-order chi connectivity index (χ1) is 12.5. The summed E-state index contributed by atoms with van der Waals surface area (Å²) in [6.07, 6.45) is 4.24. The van der Waals surface area contributed by atoms with Crippen molar-refractivity contribution in [3.63, 3.8) is 0 Å². The average molecular weight is 397 g/mol. The summed E-state index contributed by atoms with van der Waals surface area (Å²) >= 11 is 0. The third kappa shape index (κ3) is 8.10. The number of benzene rings is 1. The Hall–Kier alpha value is -0.630. The summed E-state index contributed by atoms with van der Waals surface area (Å²) in [5.74, 6) is 0.944. The minimum absolute atomic E-state index is 0.0187. The van der Waals surface area contributed by atoms with E-state index in [1.807, 2.05) is 0 Å². The molecule has 0 fully saturated rings. The first kappa shape index (κ1) is 24.4. The van der Waals surface area contributed by atoms with Crippen molar-refractivity contribution in [1.29, 1.82) is 0 Å². The van der Waals surface area contributed by atoms with Crippen LogP contribution >= 0.6 is 8.60 Å². The first-order valence-corrected chi connectivity index (χ1v) is 11.5. The molecule has 0 heterocycles. The van der Waals surface area contributed by atoms with E-state index in [0.717, 1.165) is 31.4 Å². The molecular formula is C23H41O3P. The van der Waals surface area contributed by atoms with Gasteiger partial charge in [-0.2, -0.15) is 0 Å². The highest BCUT2D eigenvalue weighted by molar-refractivity contribution is 7.42. The van der Waals surface area contributed by atoms with Gasteiger partial charge < -0.3 is 13.6 Å². The molecule has 1 rings (SSSR count). The van der Waals surface area contributed by atoms with Crippen molar-refractivity contribution >= 4 is 8.60 Å². The lowest BCUT2D eigenvalue weighted by Gasteiger charge is -2.31. The number of hydrogen-bond acceptors (Lipinski definition) is 3. The predicted octanol–water partition coefficient (Wildman–Crippen LogP) is 7.83. The van der Waals surface area contributed by atoms with Gasteiger partial charge in [0.25, 0.3) is 0 Å². The number of hydrogen-bond donors (Lipinski definition) is 0. The Labute approximate surface area is 169 Å². The molecule has 0 atom stereocenters. The minimum Gasteiger partial charge on any atom is -0.426 e. The van der Waals surface area contributed by atoms with Gasteiger partial charge in [0.1, 0.15) is 5.75 Å². The average Bonchev–Trinajstić information content (AvgIpc) is 2.54. The van der Waals surface area contributed by atoms with Crippen molar-refractivity contribution in [3.05, 3.63) is 28.8 Å².